The maximum Gasteiger partial charge on any atom is 0.0467 e. The minimum absolute atomic E-state index is 0.359. The van der Waals surface area contributed by atoms with Gasteiger partial charge in [-0.25, -0.2) is 0 Å². The molecule has 4 fully saturated rings. The Morgan fingerprint density at radius 3 is 1.67 bits per heavy atom. The predicted octanol–water partition coefficient (Wildman–Crippen LogP) is 13.8. The van der Waals surface area contributed by atoms with Crippen LogP contribution in [0.2, 0.25) is 0 Å². The molecule has 9 rings (SSSR count). The molecule has 0 aromatic heterocycles. The van der Waals surface area contributed by atoms with Gasteiger partial charge in [0.25, 0.3) is 0 Å². The van der Waals surface area contributed by atoms with Crippen LogP contribution in [0.25, 0.3) is 27.8 Å². The van der Waals surface area contributed by atoms with E-state index in [1.807, 2.05) is 0 Å². The van der Waals surface area contributed by atoms with E-state index in [1.165, 1.54) is 102 Å². The topological polar surface area (TPSA) is 3.24 Å². The van der Waals surface area contributed by atoms with Crippen molar-refractivity contribution in [3.05, 3.63) is 145 Å². The van der Waals surface area contributed by atoms with E-state index in [4.69, 9.17) is 0 Å². The van der Waals surface area contributed by atoms with Gasteiger partial charge in [0.2, 0.25) is 0 Å². The lowest BCUT2D eigenvalue weighted by molar-refractivity contribution is -0.00516. The Bertz CT molecular complexity index is 1860. The molecule has 4 bridgehead atoms. The van der Waals surface area contributed by atoms with Gasteiger partial charge in [0, 0.05) is 17.1 Å². The van der Waals surface area contributed by atoms with E-state index in [2.05, 4.69) is 153 Å². The van der Waals surface area contributed by atoms with Gasteiger partial charge in [-0.15, -0.1) is 0 Å². The fourth-order valence-corrected chi connectivity index (χ4v) is 10.1. The zero-order valence-electron chi connectivity index (χ0n) is 29.5. The zero-order chi connectivity index (χ0) is 33.4. The van der Waals surface area contributed by atoms with E-state index >= 15 is 0 Å². The van der Waals surface area contributed by atoms with Crippen molar-refractivity contribution in [2.24, 2.45) is 23.7 Å². The molecule has 4 aliphatic rings. The molecule has 4 saturated carbocycles. The van der Waals surface area contributed by atoms with Gasteiger partial charge in [-0.05, 0) is 149 Å². The Labute approximate surface area is 294 Å². The van der Waals surface area contributed by atoms with Crippen LogP contribution < -0.4 is 4.90 Å². The van der Waals surface area contributed by atoms with Crippen LogP contribution in [0.4, 0.5) is 17.1 Å². The second-order valence-corrected chi connectivity index (χ2v) is 15.6. The number of benzene rings is 5. The Morgan fingerprint density at radius 2 is 1.10 bits per heavy atom. The average molecular weight is 642 g/mol. The molecule has 0 N–H and O–H groups in total. The molecule has 0 saturated heterocycles. The largest absolute Gasteiger partial charge is 0.310 e. The SMILES string of the molecule is C=C(CC(CC)CC)c1cccc(N(c2ccc(-c3ccc(-c4ccccc4)cc3)cc2)c2cccc(C34CC5CC(CC(C5)C3)C4)c2)c1. The molecule has 1 heteroatoms. The van der Waals surface area contributed by atoms with Gasteiger partial charge >= 0.3 is 0 Å². The number of allylic oxidation sites excluding steroid dienone is 1. The minimum Gasteiger partial charge on any atom is -0.310 e. The molecular formula is C48H51N. The highest BCUT2D eigenvalue weighted by Crippen LogP contribution is 2.61. The summed E-state index contributed by atoms with van der Waals surface area (Å²) in [5, 5.41) is 0. The minimum atomic E-state index is 0.359. The molecule has 0 heterocycles. The first-order valence-electron chi connectivity index (χ1n) is 18.9. The molecule has 0 aliphatic heterocycles. The van der Waals surface area contributed by atoms with Gasteiger partial charge in [0.05, 0.1) is 0 Å². The highest BCUT2D eigenvalue weighted by Gasteiger charge is 2.51. The number of nitrogens with zero attached hydrogens (tertiary/aromatic N) is 1. The summed E-state index contributed by atoms with van der Waals surface area (Å²) in [7, 11) is 0. The molecule has 1 nitrogen and oxygen atoms in total. The molecular weight excluding hydrogens is 591 g/mol. The molecule has 5 aromatic rings. The highest BCUT2D eigenvalue weighted by molar-refractivity contribution is 5.81. The van der Waals surface area contributed by atoms with E-state index in [1.54, 1.807) is 5.56 Å². The van der Waals surface area contributed by atoms with Gasteiger partial charge in [-0.2, -0.15) is 0 Å². The van der Waals surface area contributed by atoms with E-state index in [0.717, 1.165) is 24.2 Å². The van der Waals surface area contributed by atoms with Gasteiger partial charge in [-0.3, -0.25) is 0 Å². The summed E-state index contributed by atoms with van der Waals surface area (Å²) in [6.45, 7) is 9.19. The van der Waals surface area contributed by atoms with Crippen molar-refractivity contribution < 1.29 is 0 Å². The first kappa shape index (κ1) is 31.9. The van der Waals surface area contributed by atoms with Crippen LogP contribution in [0, 0.1) is 23.7 Å². The Balaban J connectivity index is 1.15. The third-order valence-corrected chi connectivity index (χ3v) is 12.4. The van der Waals surface area contributed by atoms with E-state index < -0.39 is 0 Å². The summed E-state index contributed by atoms with van der Waals surface area (Å²) in [5.41, 5.74) is 13.0. The van der Waals surface area contributed by atoms with Crippen molar-refractivity contribution >= 4 is 22.6 Å². The highest BCUT2D eigenvalue weighted by atomic mass is 15.1. The van der Waals surface area contributed by atoms with Crippen LogP contribution in [0.1, 0.15) is 82.8 Å². The zero-order valence-corrected chi connectivity index (χ0v) is 29.5. The normalized spacial score (nSPS) is 22.4. The quantitative estimate of drug-likeness (QED) is 0.139. The summed E-state index contributed by atoms with van der Waals surface area (Å²) in [6.07, 6.45) is 12.0. The fraction of sp³-hybridized carbons (Fsp3) is 0.333. The molecule has 5 aromatic carbocycles. The first-order chi connectivity index (χ1) is 24.0. The van der Waals surface area contributed by atoms with Crippen molar-refractivity contribution in [3.63, 3.8) is 0 Å². The van der Waals surface area contributed by atoms with Crippen LogP contribution in [0.15, 0.2) is 134 Å². The monoisotopic (exact) mass is 641 g/mol. The molecule has 0 radical (unpaired) electrons. The van der Waals surface area contributed by atoms with Crippen LogP contribution >= 0.6 is 0 Å². The summed E-state index contributed by atoms with van der Waals surface area (Å²) in [5.74, 6) is 3.47. The number of anilines is 3. The fourth-order valence-electron chi connectivity index (χ4n) is 10.1. The van der Waals surface area contributed by atoms with Crippen molar-refractivity contribution in [1.29, 1.82) is 0 Å². The lowest BCUT2D eigenvalue weighted by atomic mass is 9.48. The molecule has 0 unspecified atom stereocenters. The van der Waals surface area contributed by atoms with E-state index in [0.29, 0.717) is 11.3 Å². The summed E-state index contributed by atoms with van der Waals surface area (Å²) >= 11 is 0. The molecule has 248 valence electrons. The van der Waals surface area contributed by atoms with Crippen molar-refractivity contribution in [3.8, 4) is 22.3 Å². The van der Waals surface area contributed by atoms with Gasteiger partial charge in [0.1, 0.15) is 0 Å². The lowest BCUT2D eigenvalue weighted by Crippen LogP contribution is -2.48. The first-order valence-corrected chi connectivity index (χ1v) is 18.9. The Hall–Kier alpha value is -4.36. The van der Waals surface area contributed by atoms with E-state index in [-0.39, 0.29) is 0 Å². The number of rotatable bonds is 11. The average Bonchev–Trinajstić information content (AvgIpc) is 3.14. The van der Waals surface area contributed by atoms with Crippen molar-refractivity contribution in [2.75, 3.05) is 4.90 Å². The molecule has 0 atom stereocenters. The molecule has 49 heavy (non-hydrogen) atoms. The lowest BCUT2D eigenvalue weighted by Gasteiger charge is -2.57. The van der Waals surface area contributed by atoms with Gasteiger partial charge in [0.15, 0.2) is 0 Å². The Morgan fingerprint density at radius 1 is 0.592 bits per heavy atom. The van der Waals surface area contributed by atoms with Crippen LogP contribution in [-0.2, 0) is 5.41 Å². The standard InChI is InChI=1S/C48H51N/c1-4-35(5-2)25-34(3)43-13-9-15-46(29-43)49(47-16-10-14-44(30-47)48-31-36-26-37(32-48)28-38(27-36)33-48)45-23-21-42(22-24-45)41-19-17-40(18-20-41)39-11-7-6-8-12-39/h6-24,29-30,35-38H,3-5,25-28,31-33H2,1-2H3. The van der Waals surface area contributed by atoms with Gasteiger partial charge in [-0.1, -0.05) is 124 Å². The molecule has 4 aliphatic carbocycles. The summed E-state index contributed by atoms with van der Waals surface area (Å²) in [6, 6.07) is 47.6. The number of hydrogen-bond acceptors (Lipinski definition) is 1. The smallest absolute Gasteiger partial charge is 0.0467 e. The third kappa shape index (κ3) is 6.41. The van der Waals surface area contributed by atoms with Gasteiger partial charge < -0.3 is 4.90 Å². The molecule has 0 spiro atoms. The van der Waals surface area contributed by atoms with Crippen molar-refractivity contribution in [2.45, 2.75) is 77.0 Å². The number of hydrogen-bond donors (Lipinski definition) is 0. The van der Waals surface area contributed by atoms with Crippen LogP contribution in [0.3, 0.4) is 0 Å². The van der Waals surface area contributed by atoms with Crippen LogP contribution in [0.5, 0.6) is 0 Å². The second-order valence-electron chi connectivity index (χ2n) is 15.6. The molecule has 0 amide bonds. The third-order valence-electron chi connectivity index (χ3n) is 12.4. The Kier molecular flexibility index (Phi) is 8.79. The maximum atomic E-state index is 4.58. The van der Waals surface area contributed by atoms with Crippen LogP contribution in [-0.4, -0.2) is 0 Å². The van der Waals surface area contributed by atoms with Crippen molar-refractivity contribution in [1.82, 2.24) is 0 Å². The maximum absolute atomic E-state index is 4.58. The summed E-state index contributed by atoms with van der Waals surface area (Å²) < 4.78 is 0. The summed E-state index contributed by atoms with van der Waals surface area (Å²) in [4.78, 5) is 2.49. The predicted molar refractivity (Wildman–Crippen MR) is 210 cm³/mol. The second kappa shape index (κ2) is 13.5. The van der Waals surface area contributed by atoms with E-state index in [9.17, 15) is 0 Å².